The first-order chi connectivity index (χ1) is 14.2. The third kappa shape index (κ3) is 4.03. The molecular formula is C22H20BrN3O3. The highest BCUT2D eigenvalue weighted by Gasteiger charge is 2.17. The quantitative estimate of drug-likeness (QED) is 0.433. The summed E-state index contributed by atoms with van der Waals surface area (Å²) in [6.45, 7) is 0.934. The maximum atomic E-state index is 13.1. The van der Waals surface area contributed by atoms with E-state index in [4.69, 9.17) is 9.84 Å². The van der Waals surface area contributed by atoms with Crippen molar-refractivity contribution in [3.05, 3.63) is 81.8 Å². The molecule has 29 heavy (non-hydrogen) atoms. The summed E-state index contributed by atoms with van der Waals surface area (Å²) < 4.78 is 9.83. The van der Waals surface area contributed by atoms with Gasteiger partial charge in [-0.2, -0.15) is 0 Å². The summed E-state index contributed by atoms with van der Waals surface area (Å²) in [6.07, 6.45) is 1.55. The summed E-state index contributed by atoms with van der Waals surface area (Å²) >= 11 is 3.47. The molecule has 0 aliphatic rings. The van der Waals surface area contributed by atoms with E-state index in [2.05, 4.69) is 20.9 Å². The lowest BCUT2D eigenvalue weighted by Crippen LogP contribution is -2.23. The van der Waals surface area contributed by atoms with E-state index in [9.17, 15) is 4.79 Å². The summed E-state index contributed by atoms with van der Waals surface area (Å²) in [5, 5.41) is 9.37. The minimum atomic E-state index is -0.115. The van der Waals surface area contributed by atoms with Gasteiger partial charge < -0.3 is 9.84 Å². The van der Waals surface area contributed by atoms with Crippen LogP contribution in [-0.2, 0) is 11.3 Å². The van der Waals surface area contributed by atoms with Crippen molar-refractivity contribution >= 4 is 27.0 Å². The molecule has 0 aliphatic carbocycles. The van der Waals surface area contributed by atoms with E-state index in [0.717, 1.165) is 21.4 Å². The van der Waals surface area contributed by atoms with E-state index >= 15 is 0 Å². The number of benzene rings is 2. The normalized spacial score (nSPS) is 11.2. The van der Waals surface area contributed by atoms with Crippen LogP contribution in [0.3, 0.4) is 0 Å². The maximum Gasteiger partial charge on any atom is 0.262 e. The first-order valence-corrected chi connectivity index (χ1v) is 10.1. The number of aromatic nitrogens is 3. The van der Waals surface area contributed by atoms with Gasteiger partial charge in [0, 0.05) is 10.2 Å². The van der Waals surface area contributed by atoms with E-state index in [1.54, 1.807) is 10.9 Å². The van der Waals surface area contributed by atoms with Gasteiger partial charge in [0.2, 0.25) is 0 Å². The van der Waals surface area contributed by atoms with Crippen LogP contribution >= 0.6 is 15.9 Å². The number of para-hydroxylation sites is 1. The average Bonchev–Trinajstić information content (AvgIpc) is 3.14. The Hall–Kier alpha value is -2.74. The molecule has 0 aliphatic heterocycles. The molecule has 0 radical (unpaired) electrons. The topological polar surface area (TPSA) is 69.3 Å². The highest BCUT2D eigenvalue weighted by Crippen LogP contribution is 2.30. The second kappa shape index (κ2) is 8.73. The SMILES string of the molecule is O=c1c2cc(-c3ccc(Br)cc3)n(-c3ccccc3)c2ncn1CCOCCO. The van der Waals surface area contributed by atoms with Gasteiger partial charge in [0.25, 0.3) is 5.56 Å². The summed E-state index contributed by atoms with van der Waals surface area (Å²) in [5.74, 6) is 0. The van der Waals surface area contributed by atoms with Crippen molar-refractivity contribution in [2.24, 2.45) is 0 Å². The Kier molecular flexibility index (Phi) is 5.89. The minimum absolute atomic E-state index is 0.0390. The molecule has 6 nitrogen and oxygen atoms in total. The Morgan fingerprint density at radius 2 is 1.79 bits per heavy atom. The van der Waals surface area contributed by atoms with E-state index in [0.29, 0.717) is 24.2 Å². The highest BCUT2D eigenvalue weighted by atomic mass is 79.9. The lowest BCUT2D eigenvalue weighted by molar-refractivity contribution is 0.0865. The predicted octanol–water partition coefficient (Wildman–Crippen LogP) is 3.63. The fraction of sp³-hybridized carbons (Fsp3) is 0.182. The fourth-order valence-corrected chi connectivity index (χ4v) is 3.54. The Morgan fingerprint density at radius 1 is 1.03 bits per heavy atom. The molecule has 0 spiro atoms. The number of aliphatic hydroxyl groups excluding tert-OH is 1. The largest absolute Gasteiger partial charge is 0.394 e. The molecule has 2 aromatic carbocycles. The maximum absolute atomic E-state index is 13.1. The van der Waals surface area contributed by atoms with Gasteiger partial charge in [-0.1, -0.05) is 46.3 Å². The molecule has 1 N–H and O–H groups in total. The van der Waals surface area contributed by atoms with Crippen LogP contribution < -0.4 is 5.56 Å². The van der Waals surface area contributed by atoms with Gasteiger partial charge in [0.05, 0.1) is 43.8 Å². The van der Waals surface area contributed by atoms with Crippen LogP contribution in [-0.4, -0.2) is 39.0 Å². The average molecular weight is 454 g/mol. The molecule has 2 aromatic heterocycles. The van der Waals surface area contributed by atoms with Gasteiger partial charge in [-0.25, -0.2) is 4.98 Å². The molecule has 4 rings (SSSR count). The van der Waals surface area contributed by atoms with Crippen LogP contribution in [0.1, 0.15) is 0 Å². The van der Waals surface area contributed by atoms with Crippen molar-refractivity contribution < 1.29 is 9.84 Å². The molecular weight excluding hydrogens is 434 g/mol. The Bertz CT molecular complexity index is 1170. The smallest absolute Gasteiger partial charge is 0.262 e. The van der Waals surface area contributed by atoms with E-state index < -0.39 is 0 Å². The van der Waals surface area contributed by atoms with E-state index in [1.807, 2.05) is 65.2 Å². The van der Waals surface area contributed by atoms with Crippen LogP contribution in [0.25, 0.3) is 28.0 Å². The zero-order chi connectivity index (χ0) is 20.2. The number of fused-ring (bicyclic) bond motifs is 1. The molecule has 0 amide bonds. The highest BCUT2D eigenvalue weighted by molar-refractivity contribution is 9.10. The van der Waals surface area contributed by atoms with Gasteiger partial charge in [0.15, 0.2) is 5.65 Å². The van der Waals surface area contributed by atoms with Gasteiger partial charge in [-0.3, -0.25) is 13.9 Å². The summed E-state index contributed by atoms with van der Waals surface area (Å²) in [7, 11) is 0. The van der Waals surface area contributed by atoms with Crippen molar-refractivity contribution in [1.29, 1.82) is 0 Å². The monoisotopic (exact) mass is 453 g/mol. The third-order valence-corrected chi connectivity index (χ3v) is 5.18. The zero-order valence-corrected chi connectivity index (χ0v) is 17.2. The van der Waals surface area contributed by atoms with Crippen molar-refractivity contribution in [1.82, 2.24) is 14.1 Å². The Labute approximate surface area is 176 Å². The van der Waals surface area contributed by atoms with Crippen molar-refractivity contribution in [3.63, 3.8) is 0 Å². The molecule has 0 saturated carbocycles. The number of ether oxygens (including phenoxy) is 1. The lowest BCUT2D eigenvalue weighted by atomic mass is 10.1. The number of hydrogen-bond donors (Lipinski definition) is 1. The summed E-state index contributed by atoms with van der Waals surface area (Å²) in [6, 6.07) is 19.8. The molecule has 7 heteroatoms. The third-order valence-electron chi connectivity index (χ3n) is 4.65. The number of halogens is 1. The predicted molar refractivity (Wildman–Crippen MR) is 116 cm³/mol. The van der Waals surface area contributed by atoms with E-state index in [-0.39, 0.29) is 18.8 Å². The molecule has 0 atom stereocenters. The molecule has 2 heterocycles. The number of hydrogen-bond acceptors (Lipinski definition) is 4. The van der Waals surface area contributed by atoms with Crippen LogP contribution in [0, 0.1) is 0 Å². The molecule has 0 saturated heterocycles. The number of rotatable bonds is 7. The van der Waals surface area contributed by atoms with Gasteiger partial charge in [-0.05, 0) is 35.9 Å². The minimum Gasteiger partial charge on any atom is -0.394 e. The second-order valence-corrected chi connectivity index (χ2v) is 7.44. The lowest BCUT2D eigenvalue weighted by Gasteiger charge is -2.11. The van der Waals surface area contributed by atoms with Crippen molar-refractivity contribution in [2.45, 2.75) is 6.54 Å². The van der Waals surface area contributed by atoms with Crippen molar-refractivity contribution in [2.75, 3.05) is 19.8 Å². The second-order valence-electron chi connectivity index (χ2n) is 6.52. The summed E-state index contributed by atoms with van der Waals surface area (Å²) in [5.41, 5.74) is 3.34. The van der Waals surface area contributed by atoms with Crippen LogP contribution in [0.4, 0.5) is 0 Å². The van der Waals surface area contributed by atoms with Crippen LogP contribution in [0.2, 0.25) is 0 Å². The standard InChI is InChI=1S/C22H20BrN3O3/c23-17-8-6-16(7-9-17)20-14-19-21(26(20)18-4-2-1-3-5-18)24-15-25(22(19)28)10-12-29-13-11-27/h1-9,14-15,27H,10-13H2. The Morgan fingerprint density at radius 3 is 2.52 bits per heavy atom. The first-order valence-electron chi connectivity index (χ1n) is 9.30. The van der Waals surface area contributed by atoms with Gasteiger partial charge in [0.1, 0.15) is 0 Å². The molecule has 148 valence electrons. The van der Waals surface area contributed by atoms with Crippen LogP contribution in [0.15, 0.2) is 76.3 Å². The van der Waals surface area contributed by atoms with E-state index in [1.165, 1.54) is 0 Å². The first kappa shape index (κ1) is 19.6. The summed E-state index contributed by atoms with van der Waals surface area (Å²) in [4.78, 5) is 17.7. The number of aliphatic hydroxyl groups is 1. The van der Waals surface area contributed by atoms with Crippen molar-refractivity contribution in [3.8, 4) is 16.9 Å². The number of nitrogens with zero attached hydrogens (tertiary/aromatic N) is 3. The van der Waals surface area contributed by atoms with Gasteiger partial charge in [-0.15, -0.1) is 0 Å². The molecule has 0 fully saturated rings. The van der Waals surface area contributed by atoms with Gasteiger partial charge >= 0.3 is 0 Å². The fourth-order valence-electron chi connectivity index (χ4n) is 3.28. The zero-order valence-electron chi connectivity index (χ0n) is 15.7. The molecule has 0 bridgehead atoms. The van der Waals surface area contributed by atoms with Crippen LogP contribution in [0.5, 0.6) is 0 Å². The molecule has 4 aromatic rings. The molecule has 0 unspecified atom stereocenters. The Balaban J connectivity index is 1.86.